The van der Waals surface area contributed by atoms with Crippen LogP contribution in [-0.4, -0.2) is 70.4 Å². The molecule has 1 fully saturated rings. The molecule has 2 aromatic carbocycles. The van der Waals surface area contributed by atoms with Gasteiger partial charge in [-0.05, 0) is 37.1 Å². The van der Waals surface area contributed by atoms with Crippen LogP contribution in [0.15, 0.2) is 66.7 Å². The lowest BCUT2D eigenvalue weighted by Gasteiger charge is -2.35. The third kappa shape index (κ3) is 4.98. The Labute approximate surface area is 210 Å². The molecule has 2 aliphatic rings. The second-order valence-electron chi connectivity index (χ2n) is 9.13. The lowest BCUT2D eigenvalue weighted by molar-refractivity contribution is -0.131. The molecule has 8 heteroatoms. The summed E-state index contributed by atoms with van der Waals surface area (Å²) in [5.41, 5.74) is 2.84. The number of hydrogen-bond acceptors (Lipinski definition) is 6. The molecular weight excluding hydrogens is 454 g/mol. The van der Waals surface area contributed by atoms with Gasteiger partial charge in [-0.25, -0.2) is 0 Å². The Morgan fingerprint density at radius 1 is 0.722 bits per heavy atom. The maximum absolute atomic E-state index is 12.7. The Balaban J connectivity index is 1.02. The van der Waals surface area contributed by atoms with E-state index < -0.39 is 0 Å². The van der Waals surface area contributed by atoms with Crippen molar-refractivity contribution in [2.75, 3.05) is 37.6 Å². The van der Waals surface area contributed by atoms with E-state index in [-0.39, 0.29) is 17.7 Å². The molecule has 0 bridgehead atoms. The average Bonchev–Trinajstić information content (AvgIpc) is 3.18. The van der Waals surface area contributed by atoms with E-state index in [1.54, 1.807) is 24.3 Å². The molecule has 2 aliphatic heterocycles. The van der Waals surface area contributed by atoms with Crippen molar-refractivity contribution in [3.63, 3.8) is 0 Å². The van der Waals surface area contributed by atoms with Crippen LogP contribution in [0.3, 0.4) is 0 Å². The molecule has 0 atom stereocenters. The first kappa shape index (κ1) is 23.7. The topological polar surface area (TPSA) is 86.7 Å². The third-order valence-corrected chi connectivity index (χ3v) is 6.83. The van der Waals surface area contributed by atoms with Crippen molar-refractivity contribution in [2.24, 2.45) is 0 Å². The number of nitrogens with zero attached hydrogens (tertiary/aromatic N) is 5. The number of anilines is 1. The molecule has 1 saturated heterocycles. The van der Waals surface area contributed by atoms with E-state index in [2.05, 4.69) is 15.1 Å². The number of piperazine rings is 1. The standard InChI is InChI=1S/C28H29N5O3/c34-26(13-5-2-8-16-33-27(35)22-11-6-7-12-23(22)28(33)36)32-19-17-31(18-20-32)25-15-14-24(29-30-25)21-9-3-1-4-10-21/h1,3-4,6-7,9-12,14-15H,2,5,8,13,16-20H2. The minimum atomic E-state index is -0.219. The predicted octanol–water partition coefficient (Wildman–Crippen LogP) is 3.65. The van der Waals surface area contributed by atoms with Gasteiger partial charge in [-0.15, -0.1) is 10.2 Å². The molecule has 0 N–H and O–H groups in total. The van der Waals surface area contributed by atoms with Crippen molar-refractivity contribution in [1.82, 2.24) is 20.0 Å². The number of hydrogen-bond donors (Lipinski definition) is 0. The van der Waals surface area contributed by atoms with Crippen molar-refractivity contribution in [3.8, 4) is 11.3 Å². The zero-order chi connectivity index (χ0) is 24.9. The molecule has 0 aliphatic carbocycles. The summed E-state index contributed by atoms with van der Waals surface area (Å²) in [5.74, 6) is 0.545. The lowest BCUT2D eigenvalue weighted by Crippen LogP contribution is -2.49. The highest BCUT2D eigenvalue weighted by molar-refractivity contribution is 6.21. The van der Waals surface area contributed by atoms with Crippen molar-refractivity contribution < 1.29 is 14.4 Å². The van der Waals surface area contributed by atoms with E-state index in [0.29, 0.717) is 43.6 Å². The van der Waals surface area contributed by atoms with Gasteiger partial charge in [0.1, 0.15) is 0 Å². The van der Waals surface area contributed by atoms with Crippen LogP contribution < -0.4 is 4.90 Å². The number of amides is 3. The number of carbonyl (C=O) groups is 3. The highest BCUT2D eigenvalue weighted by atomic mass is 16.2. The van der Waals surface area contributed by atoms with Gasteiger partial charge in [-0.1, -0.05) is 48.9 Å². The summed E-state index contributed by atoms with van der Waals surface area (Å²) < 4.78 is 0. The molecule has 0 unspecified atom stereocenters. The number of unbranched alkanes of at least 4 members (excludes halogenated alkanes) is 2. The van der Waals surface area contributed by atoms with E-state index in [4.69, 9.17) is 0 Å². The van der Waals surface area contributed by atoms with E-state index in [0.717, 1.165) is 43.0 Å². The Bertz CT molecular complexity index is 1200. The molecular formula is C28H29N5O3. The number of carbonyl (C=O) groups excluding carboxylic acids is 3. The van der Waals surface area contributed by atoms with Crippen molar-refractivity contribution >= 4 is 23.5 Å². The minimum absolute atomic E-state index is 0.154. The van der Waals surface area contributed by atoms with Crippen LogP contribution in [-0.2, 0) is 4.79 Å². The van der Waals surface area contributed by atoms with Gasteiger partial charge in [0.2, 0.25) is 5.91 Å². The van der Waals surface area contributed by atoms with Crippen LogP contribution >= 0.6 is 0 Å². The highest BCUT2D eigenvalue weighted by Crippen LogP contribution is 2.23. The Kier molecular flexibility index (Phi) is 7.02. The van der Waals surface area contributed by atoms with Gasteiger partial charge in [0, 0.05) is 44.7 Å². The van der Waals surface area contributed by atoms with E-state index in [1.165, 1.54) is 4.90 Å². The second kappa shape index (κ2) is 10.7. The van der Waals surface area contributed by atoms with Crippen LogP contribution in [0.25, 0.3) is 11.3 Å². The zero-order valence-electron chi connectivity index (χ0n) is 20.2. The fourth-order valence-electron chi connectivity index (χ4n) is 4.76. The summed E-state index contributed by atoms with van der Waals surface area (Å²) in [5, 5.41) is 8.76. The lowest BCUT2D eigenvalue weighted by atomic mass is 10.1. The summed E-state index contributed by atoms with van der Waals surface area (Å²) in [4.78, 5) is 42.9. The SMILES string of the molecule is O=C(CCCCCN1C(=O)c2ccccc2C1=O)N1CCN(c2ccc(-c3ccccc3)nn2)CC1. The van der Waals surface area contributed by atoms with E-state index in [9.17, 15) is 14.4 Å². The summed E-state index contributed by atoms with van der Waals surface area (Å²) in [6, 6.07) is 20.9. The monoisotopic (exact) mass is 483 g/mol. The second-order valence-corrected chi connectivity index (χ2v) is 9.13. The van der Waals surface area contributed by atoms with Crippen molar-refractivity contribution in [3.05, 3.63) is 77.9 Å². The van der Waals surface area contributed by atoms with Crippen LogP contribution in [0.2, 0.25) is 0 Å². The Morgan fingerprint density at radius 3 is 2.03 bits per heavy atom. The van der Waals surface area contributed by atoms with Gasteiger partial charge < -0.3 is 9.80 Å². The van der Waals surface area contributed by atoms with Crippen LogP contribution in [0.1, 0.15) is 46.4 Å². The summed E-state index contributed by atoms with van der Waals surface area (Å²) in [6.07, 6.45) is 2.72. The highest BCUT2D eigenvalue weighted by Gasteiger charge is 2.34. The maximum Gasteiger partial charge on any atom is 0.261 e. The summed E-state index contributed by atoms with van der Waals surface area (Å²) in [7, 11) is 0. The van der Waals surface area contributed by atoms with Gasteiger partial charge in [0.15, 0.2) is 5.82 Å². The number of imide groups is 1. The molecule has 0 spiro atoms. The van der Waals surface area contributed by atoms with E-state index >= 15 is 0 Å². The summed E-state index contributed by atoms with van der Waals surface area (Å²) >= 11 is 0. The molecule has 8 nitrogen and oxygen atoms in total. The van der Waals surface area contributed by atoms with Crippen LogP contribution in [0.4, 0.5) is 5.82 Å². The molecule has 0 saturated carbocycles. The smallest absolute Gasteiger partial charge is 0.261 e. The molecule has 3 amide bonds. The average molecular weight is 484 g/mol. The first-order valence-electron chi connectivity index (χ1n) is 12.5. The number of fused-ring (bicyclic) bond motifs is 1. The Hall–Kier alpha value is -4.07. The van der Waals surface area contributed by atoms with Crippen LogP contribution in [0, 0.1) is 0 Å². The van der Waals surface area contributed by atoms with Gasteiger partial charge in [-0.2, -0.15) is 0 Å². The predicted molar refractivity (Wildman–Crippen MR) is 137 cm³/mol. The van der Waals surface area contributed by atoms with Gasteiger partial charge in [-0.3, -0.25) is 19.3 Å². The fourth-order valence-corrected chi connectivity index (χ4v) is 4.76. The van der Waals surface area contributed by atoms with Crippen molar-refractivity contribution in [2.45, 2.75) is 25.7 Å². The van der Waals surface area contributed by atoms with Crippen LogP contribution in [0.5, 0.6) is 0 Å². The zero-order valence-corrected chi connectivity index (χ0v) is 20.2. The first-order valence-corrected chi connectivity index (χ1v) is 12.5. The number of rotatable bonds is 8. The molecule has 3 heterocycles. The van der Waals surface area contributed by atoms with Gasteiger partial charge in [0.05, 0.1) is 16.8 Å². The largest absolute Gasteiger partial charge is 0.352 e. The quantitative estimate of drug-likeness (QED) is 0.359. The fraction of sp³-hybridized carbons (Fsp3) is 0.321. The number of aromatic nitrogens is 2. The van der Waals surface area contributed by atoms with Gasteiger partial charge in [0.25, 0.3) is 11.8 Å². The number of benzene rings is 2. The summed E-state index contributed by atoms with van der Waals surface area (Å²) in [6.45, 7) is 3.17. The normalized spacial score (nSPS) is 15.4. The molecule has 5 rings (SSSR count). The third-order valence-electron chi connectivity index (χ3n) is 6.83. The molecule has 1 aromatic heterocycles. The molecule has 0 radical (unpaired) electrons. The van der Waals surface area contributed by atoms with Crippen molar-refractivity contribution in [1.29, 1.82) is 0 Å². The minimum Gasteiger partial charge on any atom is -0.352 e. The first-order chi connectivity index (χ1) is 17.6. The molecule has 36 heavy (non-hydrogen) atoms. The van der Waals surface area contributed by atoms with Gasteiger partial charge >= 0.3 is 0 Å². The molecule has 3 aromatic rings. The van der Waals surface area contributed by atoms with E-state index in [1.807, 2.05) is 47.4 Å². The molecule has 184 valence electrons. The maximum atomic E-state index is 12.7. The Morgan fingerprint density at radius 2 is 1.39 bits per heavy atom.